The van der Waals surface area contributed by atoms with E-state index >= 15 is 0 Å². The van der Waals surface area contributed by atoms with E-state index in [1.54, 1.807) is 0 Å². The average Bonchev–Trinajstić information content (AvgIpc) is 2.19. The van der Waals surface area contributed by atoms with E-state index in [4.69, 9.17) is 0 Å². The van der Waals surface area contributed by atoms with E-state index in [9.17, 15) is 4.79 Å². The lowest BCUT2D eigenvalue weighted by Gasteiger charge is -2.25. The van der Waals surface area contributed by atoms with Crippen LogP contribution in [0.25, 0.3) is 0 Å². The predicted octanol–water partition coefficient (Wildman–Crippen LogP) is 1.43. The first-order valence-electron chi connectivity index (χ1n) is 5.79. The van der Waals surface area contributed by atoms with Gasteiger partial charge >= 0.3 is 0 Å². The molecule has 0 radical (unpaired) electrons. The summed E-state index contributed by atoms with van der Waals surface area (Å²) in [6.45, 7) is 5.32. The predicted molar refractivity (Wildman–Crippen MR) is 58.2 cm³/mol. The van der Waals surface area contributed by atoms with E-state index in [0.717, 1.165) is 32.2 Å². The van der Waals surface area contributed by atoms with Crippen LogP contribution in [0.15, 0.2) is 0 Å². The van der Waals surface area contributed by atoms with Gasteiger partial charge in [-0.1, -0.05) is 13.8 Å². The summed E-state index contributed by atoms with van der Waals surface area (Å²) in [7, 11) is 0. The van der Waals surface area contributed by atoms with Gasteiger partial charge in [-0.25, -0.2) is 0 Å². The van der Waals surface area contributed by atoms with Gasteiger partial charge in [0.25, 0.3) is 0 Å². The molecule has 0 bridgehead atoms. The molecule has 1 fully saturated rings. The van der Waals surface area contributed by atoms with Gasteiger partial charge in [0, 0.05) is 25.0 Å². The topological polar surface area (TPSA) is 41.1 Å². The van der Waals surface area contributed by atoms with Crippen LogP contribution < -0.4 is 10.6 Å². The highest BCUT2D eigenvalue weighted by molar-refractivity contribution is 5.76. The smallest absolute Gasteiger partial charge is 0.220 e. The Morgan fingerprint density at radius 2 is 2.21 bits per heavy atom. The number of hydrogen-bond acceptors (Lipinski definition) is 2. The van der Waals surface area contributed by atoms with E-state index in [-0.39, 0.29) is 5.91 Å². The van der Waals surface area contributed by atoms with Crippen molar-refractivity contribution in [1.29, 1.82) is 0 Å². The first kappa shape index (κ1) is 11.5. The Balaban J connectivity index is 2.19. The molecule has 1 rings (SSSR count). The molecule has 3 nitrogen and oxygen atoms in total. The third kappa shape index (κ3) is 3.66. The summed E-state index contributed by atoms with van der Waals surface area (Å²) in [6, 6.07) is 0.964. The number of carbonyl (C=O) groups excluding carboxylic acids is 1. The van der Waals surface area contributed by atoms with Crippen LogP contribution in [0.3, 0.4) is 0 Å². The third-order valence-electron chi connectivity index (χ3n) is 2.96. The molecule has 2 N–H and O–H groups in total. The number of rotatable bonds is 5. The van der Waals surface area contributed by atoms with E-state index in [1.165, 1.54) is 0 Å². The summed E-state index contributed by atoms with van der Waals surface area (Å²) in [5, 5.41) is 6.51. The van der Waals surface area contributed by atoms with Crippen molar-refractivity contribution >= 4 is 5.91 Å². The number of nitrogens with one attached hydrogen (secondary N) is 2. The van der Waals surface area contributed by atoms with Crippen LogP contribution in [-0.2, 0) is 4.79 Å². The maximum Gasteiger partial charge on any atom is 0.220 e. The second kappa shape index (κ2) is 6.02. The molecular weight excluding hydrogens is 176 g/mol. The Bertz CT molecular complexity index is 178. The van der Waals surface area contributed by atoms with Crippen LogP contribution in [0.2, 0.25) is 0 Å². The van der Waals surface area contributed by atoms with E-state index in [1.807, 2.05) is 0 Å². The van der Waals surface area contributed by atoms with Gasteiger partial charge in [-0.05, 0) is 25.7 Å². The Kier molecular flexibility index (Phi) is 4.94. The minimum atomic E-state index is 0.215. The molecular formula is C11H22N2O. The molecule has 1 amide bonds. The van der Waals surface area contributed by atoms with Gasteiger partial charge in [0.2, 0.25) is 5.91 Å². The summed E-state index contributed by atoms with van der Waals surface area (Å²) in [4.78, 5) is 11.1. The van der Waals surface area contributed by atoms with E-state index in [2.05, 4.69) is 24.5 Å². The number of piperidine rings is 1. The molecule has 1 aliphatic heterocycles. The van der Waals surface area contributed by atoms with E-state index < -0.39 is 0 Å². The Morgan fingerprint density at radius 1 is 1.50 bits per heavy atom. The Hall–Kier alpha value is -0.570. The fraction of sp³-hybridized carbons (Fsp3) is 0.909. The monoisotopic (exact) mass is 198 g/mol. The zero-order valence-electron chi connectivity index (χ0n) is 9.31. The van der Waals surface area contributed by atoms with Crippen molar-refractivity contribution < 1.29 is 4.79 Å². The summed E-state index contributed by atoms with van der Waals surface area (Å²) >= 11 is 0. The zero-order valence-corrected chi connectivity index (χ0v) is 9.31. The summed E-state index contributed by atoms with van der Waals surface area (Å²) in [6.07, 6.45) is 5.20. The van der Waals surface area contributed by atoms with Crippen molar-refractivity contribution in [3.05, 3.63) is 0 Å². The summed E-state index contributed by atoms with van der Waals surface area (Å²) in [5.74, 6) is 0.215. The molecule has 1 aliphatic rings. The van der Waals surface area contributed by atoms with Crippen molar-refractivity contribution in [2.24, 2.45) is 0 Å². The lowest BCUT2D eigenvalue weighted by Crippen LogP contribution is -2.46. The molecule has 0 saturated carbocycles. The van der Waals surface area contributed by atoms with Gasteiger partial charge in [0.05, 0.1) is 0 Å². The van der Waals surface area contributed by atoms with Gasteiger partial charge in [0.1, 0.15) is 0 Å². The molecule has 0 aliphatic carbocycles. The molecule has 3 heteroatoms. The van der Waals surface area contributed by atoms with Crippen LogP contribution in [0.1, 0.15) is 46.0 Å². The van der Waals surface area contributed by atoms with Crippen LogP contribution >= 0.6 is 0 Å². The Labute approximate surface area is 86.6 Å². The van der Waals surface area contributed by atoms with Crippen LogP contribution in [0, 0.1) is 0 Å². The van der Waals surface area contributed by atoms with Crippen LogP contribution in [0.4, 0.5) is 0 Å². The number of carbonyl (C=O) groups is 1. The van der Waals surface area contributed by atoms with Gasteiger partial charge in [-0.3, -0.25) is 4.79 Å². The third-order valence-corrected chi connectivity index (χ3v) is 2.96. The molecule has 82 valence electrons. The second-order valence-electron chi connectivity index (χ2n) is 4.08. The lowest BCUT2D eigenvalue weighted by atomic mass is 10.0. The van der Waals surface area contributed by atoms with Crippen LogP contribution in [-0.4, -0.2) is 24.5 Å². The Morgan fingerprint density at radius 3 is 2.79 bits per heavy atom. The molecule has 0 spiro atoms. The SMILES string of the molecule is CCC(CC)NCC1CCCC(=O)N1. The van der Waals surface area contributed by atoms with Gasteiger partial charge in [-0.15, -0.1) is 0 Å². The molecule has 1 saturated heterocycles. The highest BCUT2D eigenvalue weighted by Crippen LogP contribution is 2.07. The van der Waals surface area contributed by atoms with E-state index in [0.29, 0.717) is 18.5 Å². The normalized spacial score (nSPS) is 22.5. The summed E-state index contributed by atoms with van der Waals surface area (Å²) < 4.78 is 0. The quantitative estimate of drug-likeness (QED) is 0.701. The van der Waals surface area contributed by atoms with Crippen molar-refractivity contribution in [1.82, 2.24) is 10.6 Å². The minimum absolute atomic E-state index is 0.215. The molecule has 14 heavy (non-hydrogen) atoms. The van der Waals surface area contributed by atoms with Gasteiger partial charge in [0.15, 0.2) is 0 Å². The first-order valence-corrected chi connectivity index (χ1v) is 5.79. The molecule has 1 heterocycles. The van der Waals surface area contributed by atoms with Crippen LogP contribution in [0.5, 0.6) is 0 Å². The molecule has 0 aromatic carbocycles. The molecule has 0 aromatic rings. The standard InChI is InChI=1S/C11H22N2O/c1-3-9(4-2)12-8-10-6-5-7-11(14)13-10/h9-10,12H,3-8H2,1-2H3,(H,13,14). The van der Waals surface area contributed by atoms with Crippen molar-refractivity contribution in [3.63, 3.8) is 0 Å². The van der Waals surface area contributed by atoms with Crippen molar-refractivity contribution in [2.45, 2.75) is 58.0 Å². The van der Waals surface area contributed by atoms with Crippen molar-refractivity contribution in [2.75, 3.05) is 6.54 Å². The zero-order chi connectivity index (χ0) is 10.4. The number of hydrogen-bond donors (Lipinski definition) is 2. The highest BCUT2D eigenvalue weighted by atomic mass is 16.1. The fourth-order valence-electron chi connectivity index (χ4n) is 1.92. The first-order chi connectivity index (χ1) is 6.76. The average molecular weight is 198 g/mol. The van der Waals surface area contributed by atoms with Gasteiger partial charge < -0.3 is 10.6 Å². The maximum absolute atomic E-state index is 11.1. The minimum Gasteiger partial charge on any atom is -0.352 e. The highest BCUT2D eigenvalue weighted by Gasteiger charge is 2.18. The lowest BCUT2D eigenvalue weighted by molar-refractivity contribution is -0.123. The second-order valence-corrected chi connectivity index (χ2v) is 4.08. The fourth-order valence-corrected chi connectivity index (χ4v) is 1.92. The molecule has 1 unspecified atom stereocenters. The summed E-state index contributed by atoms with van der Waals surface area (Å²) in [5.41, 5.74) is 0. The van der Waals surface area contributed by atoms with Gasteiger partial charge in [-0.2, -0.15) is 0 Å². The molecule has 0 aromatic heterocycles. The van der Waals surface area contributed by atoms with Crippen molar-refractivity contribution in [3.8, 4) is 0 Å². The maximum atomic E-state index is 11.1. The largest absolute Gasteiger partial charge is 0.352 e. The molecule has 1 atom stereocenters. The number of amides is 1.